The van der Waals surface area contributed by atoms with Gasteiger partial charge in [-0.2, -0.15) is 0 Å². The third kappa shape index (κ3) is 5.31. The molecule has 1 aliphatic rings. The Hall–Kier alpha value is -2.74. The first-order chi connectivity index (χ1) is 14.8. The van der Waals surface area contributed by atoms with Crippen LogP contribution in [0.15, 0.2) is 71.6 Å². The molecule has 1 aliphatic carbocycles. The number of benzene rings is 3. The third-order valence-electron chi connectivity index (χ3n) is 5.83. The first kappa shape index (κ1) is 21.5. The van der Waals surface area contributed by atoms with E-state index >= 15 is 0 Å². The Bertz CT molecular complexity index is 1190. The van der Waals surface area contributed by atoms with Gasteiger partial charge in [-0.05, 0) is 66.4 Å². The number of carbonyl (C=O) groups is 1. The van der Waals surface area contributed by atoms with Crippen LogP contribution in [0.1, 0.15) is 37.8 Å². The van der Waals surface area contributed by atoms with Crippen molar-refractivity contribution in [3.05, 3.63) is 72.3 Å². The molecule has 1 unspecified atom stereocenters. The van der Waals surface area contributed by atoms with E-state index in [4.69, 9.17) is 5.14 Å². The molecule has 0 aromatic heterocycles. The normalized spacial score (nSPS) is 15.2. The maximum atomic E-state index is 12.5. The fraction of sp³-hybridized carbons (Fsp3) is 0.292. The van der Waals surface area contributed by atoms with Crippen LogP contribution in [0.4, 0.5) is 5.69 Å². The summed E-state index contributed by atoms with van der Waals surface area (Å²) in [6.07, 6.45) is 2.69. The molecule has 0 heterocycles. The van der Waals surface area contributed by atoms with Crippen molar-refractivity contribution in [1.29, 1.82) is 0 Å². The Labute approximate surface area is 183 Å². The first-order valence-corrected chi connectivity index (χ1v) is 12.0. The molecule has 1 atom stereocenters. The molecular weight excluding hydrogens is 410 g/mol. The average Bonchev–Trinajstić information content (AvgIpc) is 3.58. The predicted molar refractivity (Wildman–Crippen MR) is 123 cm³/mol. The number of hydrogen-bond acceptors (Lipinski definition) is 4. The van der Waals surface area contributed by atoms with E-state index in [1.54, 1.807) is 12.1 Å². The summed E-state index contributed by atoms with van der Waals surface area (Å²) in [5.74, 6) is -0.0975. The molecule has 0 aliphatic heterocycles. The summed E-state index contributed by atoms with van der Waals surface area (Å²) in [4.78, 5) is 14.9. The summed E-state index contributed by atoms with van der Waals surface area (Å²) in [5, 5.41) is 10.4. The minimum atomic E-state index is -3.74. The SMILES string of the molecule is CC(c1ccc2ccccc2c1)N(CCC(=O)Nc1ccc(S(N)(=O)=O)cc1)C1CC1. The molecule has 1 saturated carbocycles. The Morgan fingerprint density at radius 3 is 2.39 bits per heavy atom. The smallest absolute Gasteiger partial charge is 0.238 e. The van der Waals surface area contributed by atoms with Gasteiger partial charge in [0.25, 0.3) is 0 Å². The zero-order valence-corrected chi connectivity index (χ0v) is 18.3. The van der Waals surface area contributed by atoms with Crippen molar-refractivity contribution in [2.24, 2.45) is 5.14 Å². The van der Waals surface area contributed by atoms with Crippen molar-refractivity contribution >= 4 is 32.4 Å². The second-order valence-corrected chi connectivity index (χ2v) is 9.68. The molecule has 3 aromatic rings. The number of carbonyl (C=O) groups excluding carboxylic acids is 1. The summed E-state index contributed by atoms with van der Waals surface area (Å²) >= 11 is 0. The van der Waals surface area contributed by atoms with Gasteiger partial charge in [0.2, 0.25) is 15.9 Å². The highest BCUT2D eigenvalue weighted by molar-refractivity contribution is 7.89. The summed E-state index contributed by atoms with van der Waals surface area (Å²) in [7, 11) is -3.74. The lowest BCUT2D eigenvalue weighted by Crippen LogP contribution is -2.32. The summed E-state index contributed by atoms with van der Waals surface area (Å²) in [6, 6.07) is 21.5. The van der Waals surface area contributed by atoms with Gasteiger partial charge in [0.05, 0.1) is 4.90 Å². The summed E-state index contributed by atoms with van der Waals surface area (Å²) < 4.78 is 22.7. The van der Waals surface area contributed by atoms with Crippen LogP contribution in [0.5, 0.6) is 0 Å². The van der Waals surface area contributed by atoms with Crippen LogP contribution in [0.2, 0.25) is 0 Å². The second-order valence-electron chi connectivity index (χ2n) is 8.12. The number of primary sulfonamides is 1. The lowest BCUT2D eigenvalue weighted by molar-refractivity contribution is -0.116. The van der Waals surface area contributed by atoms with Crippen molar-refractivity contribution in [1.82, 2.24) is 4.90 Å². The van der Waals surface area contributed by atoms with E-state index in [1.165, 1.54) is 28.5 Å². The molecule has 4 rings (SSSR count). The Morgan fingerprint density at radius 2 is 1.74 bits per heavy atom. The van der Waals surface area contributed by atoms with Crippen LogP contribution in [-0.4, -0.2) is 31.8 Å². The molecular formula is C24H27N3O3S. The summed E-state index contributed by atoms with van der Waals surface area (Å²) in [5.41, 5.74) is 1.81. The maximum Gasteiger partial charge on any atom is 0.238 e. The third-order valence-corrected chi connectivity index (χ3v) is 6.76. The van der Waals surface area contributed by atoms with E-state index in [0.717, 1.165) is 12.8 Å². The monoisotopic (exact) mass is 437 g/mol. The second kappa shape index (κ2) is 8.78. The number of fused-ring (bicyclic) bond motifs is 1. The van der Waals surface area contributed by atoms with E-state index < -0.39 is 10.0 Å². The van der Waals surface area contributed by atoms with Crippen LogP contribution in [0.25, 0.3) is 10.8 Å². The van der Waals surface area contributed by atoms with Crippen molar-refractivity contribution in [2.75, 3.05) is 11.9 Å². The van der Waals surface area contributed by atoms with Crippen molar-refractivity contribution < 1.29 is 13.2 Å². The fourth-order valence-electron chi connectivity index (χ4n) is 3.94. The van der Waals surface area contributed by atoms with Crippen LogP contribution in [-0.2, 0) is 14.8 Å². The minimum absolute atomic E-state index is 0.0228. The molecule has 6 nitrogen and oxygen atoms in total. The van der Waals surface area contributed by atoms with Crippen LogP contribution >= 0.6 is 0 Å². The zero-order chi connectivity index (χ0) is 22.0. The minimum Gasteiger partial charge on any atom is -0.326 e. The summed E-state index contributed by atoms with van der Waals surface area (Å²) in [6.45, 7) is 2.87. The number of anilines is 1. The molecule has 7 heteroatoms. The Balaban J connectivity index is 1.39. The molecule has 0 bridgehead atoms. The largest absolute Gasteiger partial charge is 0.326 e. The number of nitrogens with zero attached hydrogens (tertiary/aromatic N) is 1. The lowest BCUT2D eigenvalue weighted by atomic mass is 10.0. The van der Waals surface area contributed by atoms with Gasteiger partial charge in [-0.25, -0.2) is 13.6 Å². The highest BCUT2D eigenvalue weighted by Crippen LogP contribution is 2.35. The van der Waals surface area contributed by atoms with E-state index in [1.807, 2.05) is 6.07 Å². The molecule has 0 spiro atoms. The predicted octanol–water partition coefficient (Wildman–Crippen LogP) is 4.04. The molecule has 1 fully saturated rings. The Kier molecular flexibility index (Phi) is 6.09. The number of nitrogens with one attached hydrogen (secondary N) is 1. The molecule has 0 saturated heterocycles. The van der Waals surface area contributed by atoms with Crippen molar-refractivity contribution in [3.8, 4) is 0 Å². The molecule has 3 N–H and O–H groups in total. The van der Waals surface area contributed by atoms with E-state index in [0.29, 0.717) is 24.7 Å². The van der Waals surface area contributed by atoms with Gasteiger partial charge < -0.3 is 5.32 Å². The van der Waals surface area contributed by atoms with Gasteiger partial charge in [0.15, 0.2) is 0 Å². The number of hydrogen-bond donors (Lipinski definition) is 2. The van der Waals surface area contributed by atoms with E-state index in [9.17, 15) is 13.2 Å². The van der Waals surface area contributed by atoms with Crippen molar-refractivity contribution in [2.45, 2.75) is 43.2 Å². The number of amides is 1. The van der Waals surface area contributed by atoms with Gasteiger partial charge in [-0.15, -0.1) is 0 Å². The molecule has 31 heavy (non-hydrogen) atoms. The van der Waals surface area contributed by atoms with Gasteiger partial charge in [-0.3, -0.25) is 9.69 Å². The van der Waals surface area contributed by atoms with Gasteiger partial charge in [0, 0.05) is 30.7 Å². The molecule has 162 valence electrons. The fourth-order valence-corrected chi connectivity index (χ4v) is 4.46. The number of sulfonamides is 1. The molecule has 0 radical (unpaired) electrons. The topological polar surface area (TPSA) is 92.5 Å². The van der Waals surface area contributed by atoms with Crippen LogP contribution < -0.4 is 10.5 Å². The number of nitrogens with two attached hydrogens (primary N) is 1. The van der Waals surface area contributed by atoms with Crippen LogP contribution in [0, 0.1) is 0 Å². The van der Waals surface area contributed by atoms with Crippen LogP contribution in [0.3, 0.4) is 0 Å². The first-order valence-electron chi connectivity index (χ1n) is 10.5. The van der Waals surface area contributed by atoms with Gasteiger partial charge in [-0.1, -0.05) is 36.4 Å². The molecule has 1 amide bonds. The lowest BCUT2D eigenvalue weighted by Gasteiger charge is -2.29. The van der Waals surface area contributed by atoms with Crippen molar-refractivity contribution in [3.63, 3.8) is 0 Å². The zero-order valence-electron chi connectivity index (χ0n) is 17.5. The van der Waals surface area contributed by atoms with E-state index in [2.05, 4.69) is 53.5 Å². The average molecular weight is 438 g/mol. The maximum absolute atomic E-state index is 12.5. The van der Waals surface area contributed by atoms with Gasteiger partial charge in [0.1, 0.15) is 0 Å². The van der Waals surface area contributed by atoms with E-state index in [-0.39, 0.29) is 16.8 Å². The number of rotatable bonds is 8. The molecule has 3 aromatic carbocycles. The Morgan fingerprint density at radius 1 is 1.06 bits per heavy atom. The standard InChI is InChI=1S/C24H27N3O3S/c1-17(19-7-6-18-4-2-3-5-20(18)16-19)27(22-10-11-22)15-14-24(28)26-21-8-12-23(13-9-21)31(25,29)30/h2-9,12-13,16-17,22H,10-11,14-15H2,1H3,(H,26,28)(H2,25,29,30). The quantitative estimate of drug-likeness (QED) is 0.556. The van der Waals surface area contributed by atoms with Gasteiger partial charge >= 0.3 is 0 Å². The highest BCUT2D eigenvalue weighted by atomic mass is 32.2. The highest BCUT2D eigenvalue weighted by Gasteiger charge is 2.32.